The number of rotatable bonds is 4. The Balaban J connectivity index is 1.48. The predicted octanol–water partition coefficient (Wildman–Crippen LogP) is 3.07. The van der Waals surface area contributed by atoms with Gasteiger partial charge in [-0.2, -0.15) is 13.2 Å². The molecule has 1 amide bonds. The Morgan fingerprint density at radius 3 is 2.42 bits per heavy atom. The molecule has 1 atom stereocenters. The zero-order chi connectivity index (χ0) is 25.9. The molecule has 4 rings (SSSR count). The van der Waals surface area contributed by atoms with Gasteiger partial charge in [0.05, 0.1) is 11.9 Å². The minimum atomic E-state index is -4.44. The van der Waals surface area contributed by atoms with Gasteiger partial charge in [-0.15, -0.1) is 0 Å². The summed E-state index contributed by atoms with van der Waals surface area (Å²) in [7, 11) is 0. The molecule has 2 heterocycles. The van der Waals surface area contributed by atoms with Gasteiger partial charge in [-0.25, -0.2) is 9.97 Å². The van der Waals surface area contributed by atoms with Crippen molar-refractivity contribution in [1.29, 1.82) is 10.8 Å². The van der Waals surface area contributed by atoms with E-state index in [1.54, 1.807) is 42.5 Å². The van der Waals surface area contributed by atoms with Gasteiger partial charge in [0.25, 0.3) is 5.91 Å². The lowest BCUT2D eigenvalue weighted by atomic mass is 10.1. The van der Waals surface area contributed by atoms with E-state index in [1.807, 2.05) is 0 Å². The fourth-order valence-corrected chi connectivity index (χ4v) is 3.62. The number of hydrogen-bond acceptors (Lipinski definition) is 8. The number of nitrogens with zero attached hydrogens (tertiary/aromatic N) is 3. The normalized spacial score (nSPS) is 15.9. The maximum Gasteiger partial charge on any atom is 0.405 e. The number of nitrogens with one attached hydrogen (secondary N) is 3. The Labute approximate surface area is 204 Å². The number of nitrogens with two attached hydrogens (primary N) is 1. The molecule has 0 aliphatic carbocycles. The molecule has 2 aromatic carbocycles. The van der Waals surface area contributed by atoms with Gasteiger partial charge in [-0.05, 0) is 24.3 Å². The number of anilines is 1. The zero-order valence-electron chi connectivity index (χ0n) is 18.8. The van der Waals surface area contributed by atoms with Gasteiger partial charge >= 0.3 is 6.18 Å². The summed E-state index contributed by atoms with van der Waals surface area (Å²) < 4.78 is 44.4. The first-order valence-corrected chi connectivity index (χ1v) is 10.9. The second kappa shape index (κ2) is 10.1. The first-order valence-electron chi connectivity index (χ1n) is 10.9. The van der Waals surface area contributed by atoms with Gasteiger partial charge in [-0.1, -0.05) is 30.3 Å². The van der Waals surface area contributed by atoms with Crippen molar-refractivity contribution >= 4 is 23.5 Å². The van der Waals surface area contributed by atoms with Crippen LogP contribution in [0.2, 0.25) is 0 Å². The fourth-order valence-electron chi connectivity index (χ4n) is 3.62. The number of aromatic nitrogens is 2. The molecular formula is C24H22F3N7O2. The number of hydrogen-bond donors (Lipinski definition) is 4. The van der Waals surface area contributed by atoms with Crippen LogP contribution in [0.15, 0.2) is 60.8 Å². The van der Waals surface area contributed by atoms with Crippen molar-refractivity contribution in [3.05, 3.63) is 77.6 Å². The highest BCUT2D eigenvalue weighted by atomic mass is 19.4. The maximum absolute atomic E-state index is 13.0. The molecule has 12 heteroatoms. The summed E-state index contributed by atoms with van der Waals surface area (Å²) in [5, 5.41) is 18.6. The number of carbonyl (C=O) groups excluding carboxylic acids is 1. The average Bonchev–Trinajstić information content (AvgIpc) is 2.88. The van der Waals surface area contributed by atoms with Crippen LogP contribution in [-0.4, -0.2) is 64.4 Å². The third-order valence-electron chi connectivity index (χ3n) is 5.54. The average molecular weight is 497 g/mol. The Kier molecular flexibility index (Phi) is 6.97. The lowest BCUT2D eigenvalue weighted by Gasteiger charge is -2.34. The van der Waals surface area contributed by atoms with Gasteiger partial charge in [-0.3, -0.25) is 15.6 Å². The molecule has 1 aromatic heterocycles. The van der Waals surface area contributed by atoms with E-state index in [4.69, 9.17) is 21.3 Å². The lowest BCUT2D eigenvalue weighted by molar-refractivity contribution is -0.162. The van der Waals surface area contributed by atoms with Gasteiger partial charge in [0, 0.05) is 36.3 Å². The van der Waals surface area contributed by atoms with E-state index in [0.717, 1.165) is 0 Å². The summed E-state index contributed by atoms with van der Waals surface area (Å²) in [6.07, 6.45) is -3.05. The summed E-state index contributed by atoms with van der Waals surface area (Å²) >= 11 is 0. The van der Waals surface area contributed by atoms with Crippen LogP contribution in [0.1, 0.15) is 21.6 Å². The van der Waals surface area contributed by atoms with Gasteiger partial charge in [0.15, 0.2) is 11.5 Å². The van der Waals surface area contributed by atoms with Gasteiger partial charge < -0.3 is 20.7 Å². The first-order chi connectivity index (χ1) is 17.1. The largest absolute Gasteiger partial charge is 0.419 e. The smallest absolute Gasteiger partial charge is 0.405 e. The molecule has 1 unspecified atom stereocenters. The number of nitrogen functional groups attached to an aromatic ring is 1. The molecule has 0 bridgehead atoms. The predicted molar refractivity (Wildman–Crippen MR) is 127 cm³/mol. The molecule has 1 aliphatic rings. The van der Waals surface area contributed by atoms with Crippen molar-refractivity contribution in [3.8, 4) is 11.3 Å². The van der Waals surface area contributed by atoms with Crippen molar-refractivity contribution in [2.24, 2.45) is 0 Å². The summed E-state index contributed by atoms with van der Waals surface area (Å²) in [4.78, 5) is 22.3. The van der Waals surface area contributed by atoms with Crippen LogP contribution in [0, 0.1) is 10.8 Å². The number of amides is 1. The van der Waals surface area contributed by atoms with E-state index in [1.165, 1.54) is 23.2 Å². The van der Waals surface area contributed by atoms with E-state index < -0.39 is 30.6 Å². The summed E-state index contributed by atoms with van der Waals surface area (Å²) in [5.41, 5.74) is 7.38. The van der Waals surface area contributed by atoms with Crippen molar-refractivity contribution in [2.45, 2.75) is 12.2 Å². The molecular weight excluding hydrogens is 475 g/mol. The van der Waals surface area contributed by atoms with Crippen LogP contribution in [0.4, 0.5) is 19.0 Å². The molecule has 9 nitrogen and oxygen atoms in total. The Bertz CT molecular complexity index is 1280. The number of piperazine rings is 1. The van der Waals surface area contributed by atoms with Crippen LogP contribution >= 0.6 is 0 Å². The lowest BCUT2D eigenvalue weighted by Crippen LogP contribution is -2.58. The number of halogens is 3. The second-order valence-electron chi connectivity index (χ2n) is 7.99. The summed E-state index contributed by atoms with van der Waals surface area (Å²) in [5.74, 6) is -1.28. The third kappa shape index (κ3) is 5.49. The molecule has 0 saturated carbocycles. The Morgan fingerprint density at radius 1 is 1.06 bits per heavy atom. The van der Waals surface area contributed by atoms with Crippen LogP contribution in [0.3, 0.4) is 0 Å². The van der Waals surface area contributed by atoms with Crippen LogP contribution in [0.25, 0.3) is 11.3 Å². The molecule has 186 valence electrons. The minimum Gasteiger partial charge on any atom is -0.419 e. The van der Waals surface area contributed by atoms with Gasteiger partial charge in [0.2, 0.25) is 11.8 Å². The second-order valence-corrected chi connectivity index (χ2v) is 7.99. The molecule has 5 N–H and O–H groups in total. The number of carbonyl (C=O) groups is 1. The van der Waals surface area contributed by atoms with Crippen LogP contribution in [-0.2, 0) is 4.74 Å². The Hall–Kier alpha value is -4.32. The van der Waals surface area contributed by atoms with Crippen molar-refractivity contribution in [1.82, 2.24) is 20.2 Å². The first kappa shape index (κ1) is 24.8. The number of benzene rings is 2. The Morgan fingerprint density at radius 2 is 1.75 bits per heavy atom. The highest BCUT2D eigenvalue weighted by Crippen LogP contribution is 2.24. The zero-order valence-corrected chi connectivity index (χ0v) is 18.8. The van der Waals surface area contributed by atoms with E-state index in [9.17, 15) is 18.0 Å². The molecule has 1 aliphatic heterocycles. The minimum absolute atomic E-state index is 0.0492. The molecule has 0 spiro atoms. The van der Waals surface area contributed by atoms with Crippen LogP contribution in [0.5, 0.6) is 0 Å². The highest BCUT2D eigenvalue weighted by molar-refractivity contribution is 6.05. The molecule has 1 fully saturated rings. The molecule has 0 radical (unpaired) electrons. The fraction of sp³-hybridized carbons (Fsp3) is 0.208. The van der Waals surface area contributed by atoms with Crippen molar-refractivity contribution in [2.75, 3.05) is 25.4 Å². The molecule has 36 heavy (non-hydrogen) atoms. The topological polar surface area (TPSA) is 141 Å². The van der Waals surface area contributed by atoms with E-state index >= 15 is 0 Å². The summed E-state index contributed by atoms with van der Waals surface area (Å²) in [6, 6.07) is 13.0. The van der Waals surface area contributed by atoms with E-state index in [0.29, 0.717) is 16.8 Å². The third-order valence-corrected chi connectivity index (χ3v) is 5.54. The number of ether oxygens (including phenoxy) is 1. The molecule has 3 aromatic rings. The van der Waals surface area contributed by atoms with Gasteiger partial charge in [0.1, 0.15) is 6.04 Å². The van der Waals surface area contributed by atoms with E-state index in [2.05, 4.69) is 15.3 Å². The van der Waals surface area contributed by atoms with Crippen LogP contribution < -0.4 is 11.1 Å². The SMILES string of the molecule is N=C(OC(=N)c1nc(-c2ccc(C(=O)N3CCNC(C(F)(F)F)C3)cc2)cnc1N)c1ccccc1. The van der Waals surface area contributed by atoms with Crippen molar-refractivity contribution in [3.63, 3.8) is 0 Å². The number of alkyl halides is 3. The quantitative estimate of drug-likeness (QED) is 0.323. The maximum atomic E-state index is 13.0. The standard InChI is InChI=1S/C24H22F3N7O2/c25-24(26,27)18-13-34(11-10-31-18)23(35)16-8-6-14(7-9-16)17-12-32-20(28)19(33-17)22(30)36-21(29)15-4-2-1-3-5-15/h1-9,12,18,29-31H,10-11,13H2,(H2,28,32). The van der Waals surface area contributed by atoms with E-state index in [-0.39, 0.29) is 36.1 Å². The van der Waals surface area contributed by atoms with Crippen molar-refractivity contribution < 1.29 is 22.7 Å². The molecule has 1 saturated heterocycles. The highest BCUT2D eigenvalue weighted by Gasteiger charge is 2.42. The summed E-state index contributed by atoms with van der Waals surface area (Å²) in [6.45, 7) is -0.245. The monoisotopic (exact) mass is 497 g/mol.